The summed E-state index contributed by atoms with van der Waals surface area (Å²) in [5.41, 5.74) is 0.756. The molecule has 7 atom stereocenters. The summed E-state index contributed by atoms with van der Waals surface area (Å²) in [5, 5.41) is 14.0. The van der Waals surface area contributed by atoms with Crippen LogP contribution in [0.1, 0.15) is 58.6 Å². The molecule has 2 aromatic rings. The summed E-state index contributed by atoms with van der Waals surface area (Å²) in [6, 6.07) is 8.28. The molecule has 0 radical (unpaired) electrons. The number of carbonyl (C=O) groups excluding carboxylic acids is 1. The number of benzene rings is 1. The summed E-state index contributed by atoms with van der Waals surface area (Å²) in [6.45, 7) is 3.09. The van der Waals surface area contributed by atoms with Gasteiger partial charge >= 0.3 is 19.4 Å². The van der Waals surface area contributed by atoms with Crippen LogP contribution in [0.15, 0.2) is 47.4 Å². The van der Waals surface area contributed by atoms with Gasteiger partial charge in [0.05, 0.1) is 0 Å². The van der Waals surface area contributed by atoms with Crippen molar-refractivity contribution in [3.8, 4) is 5.75 Å². The Bertz CT molecular complexity index is 1340. The Hall–Kier alpha value is -2.83. The number of fused-ring (bicyclic) bond motifs is 1. The van der Waals surface area contributed by atoms with Gasteiger partial charge in [-0.05, 0) is 57.2 Å². The molecule has 3 fully saturated rings. The first-order valence-electron chi connectivity index (χ1n) is 13.4. The molecule has 0 spiro atoms. The van der Waals surface area contributed by atoms with Gasteiger partial charge < -0.3 is 24.8 Å². The highest BCUT2D eigenvalue weighted by molar-refractivity contribution is 7.52. The fraction of sp³-hybridized carbons (Fsp3) is 0.577. The molecule has 4 N–H and O–H groups in total. The molecule has 2 heterocycles. The van der Waals surface area contributed by atoms with Crippen molar-refractivity contribution < 1.29 is 37.4 Å². The Morgan fingerprint density at radius 2 is 2.00 bits per heavy atom. The van der Waals surface area contributed by atoms with Crippen LogP contribution in [0.3, 0.4) is 0 Å². The summed E-state index contributed by atoms with van der Waals surface area (Å²) in [7, 11) is -4.44. The zero-order valence-electron chi connectivity index (χ0n) is 22.3. The second-order valence-electron chi connectivity index (χ2n) is 10.5. The largest absolute Gasteiger partial charge is 0.461 e. The van der Waals surface area contributed by atoms with Crippen molar-refractivity contribution in [1.82, 2.24) is 14.6 Å². The van der Waals surface area contributed by atoms with Crippen LogP contribution in [0, 0.1) is 0 Å². The van der Waals surface area contributed by atoms with Crippen molar-refractivity contribution in [1.29, 1.82) is 0 Å². The monoisotopic (exact) mass is 580 g/mol. The Morgan fingerprint density at radius 3 is 2.62 bits per heavy atom. The topological polar surface area (TPSA) is 164 Å². The molecule has 1 saturated heterocycles. The third-order valence-corrected chi connectivity index (χ3v) is 9.47. The SMILES string of the molecule is CC[C@]12O[C@@H](n3ccc(N)nc3=O)[C@H](F)[C@@]1(O)C2OP(=O)(NC(C)C(=O)OC1CCCCC1)Oc1ccccc1. The lowest BCUT2D eigenvalue weighted by Crippen LogP contribution is -2.40. The van der Waals surface area contributed by atoms with Crippen LogP contribution < -0.4 is 21.0 Å². The van der Waals surface area contributed by atoms with Gasteiger partial charge in [0.2, 0.25) is 0 Å². The molecular weight excluding hydrogens is 546 g/mol. The number of para-hydroxylation sites is 1. The Morgan fingerprint density at radius 1 is 1.30 bits per heavy atom. The predicted molar refractivity (Wildman–Crippen MR) is 141 cm³/mol. The summed E-state index contributed by atoms with van der Waals surface area (Å²) in [6.07, 6.45) is 0.442. The molecule has 1 aromatic heterocycles. The normalized spacial score (nSPS) is 32.0. The van der Waals surface area contributed by atoms with Crippen LogP contribution in [-0.2, 0) is 23.4 Å². The van der Waals surface area contributed by atoms with Crippen molar-refractivity contribution >= 4 is 19.5 Å². The minimum Gasteiger partial charge on any atom is -0.461 e. The lowest BCUT2D eigenvalue weighted by Gasteiger charge is -2.28. The number of aliphatic hydroxyl groups is 1. The summed E-state index contributed by atoms with van der Waals surface area (Å²) in [5.74, 6) is -0.530. The molecule has 3 unspecified atom stereocenters. The van der Waals surface area contributed by atoms with E-state index in [1.807, 2.05) is 0 Å². The van der Waals surface area contributed by atoms with Gasteiger partial charge in [-0.3, -0.25) is 13.9 Å². The first kappa shape index (κ1) is 28.7. The van der Waals surface area contributed by atoms with Gasteiger partial charge in [-0.1, -0.05) is 31.5 Å². The highest BCUT2D eigenvalue weighted by Gasteiger charge is 2.89. The maximum Gasteiger partial charge on any atom is 0.459 e. The van der Waals surface area contributed by atoms with E-state index in [0.29, 0.717) is 0 Å². The first-order chi connectivity index (χ1) is 19.0. The standard InChI is InChI=1S/C26H34FN4O8P/c1-3-25-23(26(25,34)20(27)21(37-25)31-15-14-19(28)29-24(31)33)39-40(35,38-18-12-8-5-9-13-18)30-16(2)22(32)36-17-10-6-4-7-11-17/h5,8-9,12-17,20-21,23,34H,3-4,6-7,10-11H2,1-2H3,(H,30,35)(H2,28,29,33)/t16?,20-,21+,23?,25+,26+,40?/m0/s1. The highest BCUT2D eigenvalue weighted by atomic mass is 31.2. The van der Waals surface area contributed by atoms with Gasteiger partial charge in [0, 0.05) is 6.20 Å². The van der Waals surface area contributed by atoms with Crippen molar-refractivity contribution in [3.05, 3.63) is 53.1 Å². The van der Waals surface area contributed by atoms with Crippen molar-refractivity contribution in [3.63, 3.8) is 0 Å². The Labute approximate surface area is 230 Å². The number of halogens is 1. The zero-order valence-corrected chi connectivity index (χ0v) is 23.2. The molecule has 218 valence electrons. The van der Waals surface area contributed by atoms with E-state index in [9.17, 15) is 19.3 Å². The van der Waals surface area contributed by atoms with Gasteiger partial charge in [0.15, 0.2) is 18.0 Å². The van der Waals surface area contributed by atoms with Crippen LogP contribution >= 0.6 is 7.75 Å². The van der Waals surface area contributed by atoms with E-state index in [4.69, 9.17) is 24.3 Å². The predicted octanol–water partition coefficient (Wildman–Crippen LogP) is 3.01. The van der Waals surface area contributed by atoms with E-state index >= 15 is 4.39 Å². The van der Waals surface area contributed by atoms with Crippen LogP contribution in [0.5, 0.6) is 5.75 Å². The van der Waals surface area contributed by atoms with E-state index in [2.05, 4.69) is 10.1 Å². The molecule has 3 aliphatic rings. The average molecular weight is 581 g/mol. The number of ether oxygens (including phenoxy) is 2. The quantitative estimate of drug-likeness (QED) is 0.279. The van der Waals surface area contributed by atoms with E-state index in [1.54, 1.807) is 25.1 Å². The minimum absolute atomic E-state index is 0.0485. The van der Waals surface area contributed by atoms with Crippen LogP contribution in [0.4, 0.5) is 10.2 Å². The molecule has 2 aliphatic carbocycles. The fourth-order valence-corrected chi connectivity index (χ4v) is 7.36. The summed E-state index contributed by atoms with van der Waals surface area (Å²) in [4.78, 5) is 28.7. The number of esters is 1. The van der Waals surface area contributed by atoms with E-state index in [1.165, 1.54) is 31.3 Å². The second kappa shape index (κ2) is 10.9. The molecule has 0 amide bonds. The maximum absolute atomic E-state index is 15.8. The summed E-state index contributed by atoms with van der Waals surface area (Å²) < 4.78 is 53.8. The first-order valence-corrected chi connectivity index (χ1v) is 15.0. The molecule has 0 bridgehead atoms. The number of hydrogen-bond donors (Lipinski definition) is 3. The molecule has 5 rings (SSSR count). The minimum atomic E-state index is -4.44. The maximum atomic E-state index is 15.8. The van der Waals surface area contributed by atoms with Crippen LogP contribution in [0.2, 0.25) is 0 Å². The molecular formula is C26H34FN4O8P. The second-order valence-corrected chi connectivity index (χ2v) is 12.1. The number of nitrogens with one attached hydrogen (secondary N) is 1. The molecule has 1 aliphatic heterocycles. The summed E-state index contributed by atoms with van der Waals surface area (Å²) >= 11 is 0. The third kappa shape index (κ3) is 5.05. The van der Waals surface area contributed by atoms with Gasteiger partial charge in [0.1, 0.15) is 35.4 Å². The van der Waals surface area contributed by atoms with Gasteiger partial charge in [-0.2, -0.15) is 10.1 Å². The van der Waals surface area contributed by atoms with Crippen molar-refractivity contribution in [2.45, 2.75) is 94.2 Å². The number of carbonyl (C=O) groups is 1. The number of alkyl halides is 1. The van der Waals surface area contributed by atoms with E-state index < -0.39 is 55.2 Å². The van der Waals surface area contributed by atoms with Crippen molar-refractivity contribution in [2.75, 3.05) is 5.73 Å². The average Bonchev–Trinajstić information content (AvgIpc) is 3.33. The molecule has 40 heavy (non-hydrogen) atoms. The number of nitrogens with zero attached hydrogens (tertiary/aromatic N) is 2. The van der Waals surface area contributed by atoms with Gasteiger partial charge in [-0.25, -0.2) is 13.8 Å². The van der Waals surface area contributed by atoms with E-state index in [0.717, 1.165) is 36.7 Å². The Kier molecular flexibility index (Phi) is 7.79. The van der Waals surface area contributed by atoms with Gasteiger partial charge in [0.25, 0.3) is 0 Å². The molecule has 12 nitrogen and oxygen atoms in total. The van der Waals surface area contributed by atoms with E-state index in [-0.39, 0.29) is 24.1 Å². The number of nitrogens with two attached hydrogens (primary N) is 1. The highest BCUT2D eigenvalue weighted by Crippen LogP contribution is 2.69. The fourth-order valence-electron chi connectivity index (χ4n) is 5.62. The number of rotatable bonds is 10. The van der Waals surface area contributed by atoms with Crippen molar-refractivity contribution in [2.24, 2.45) is 0 Å². The van der Waals surface area contributed by atoms with Crippen LogP contribution in [-0.4, -0.2) is 56.3 Å². The lowest BCUT2D eigenvalue weighted by atomic mass is 9.98. The number of hydrogen-bond acceptors (Lipinski definition) is 10. The lowest BCUT2D eigenvalue weighted by molar-refractivity contribution is -0.152. The zero-order chi connectivity index (χ0) is 28.7. The third-order valence-electron chi connectivity index (χ3n) is 7.82. The molecule has 14 heteroatoms. The number of aromatic nitrogens is 2. The van der Waals surface area contributed by atoms with Crippen LogP contribution in [0.25, 0.3) is 0 Å². The number of anilines is 1. The smallest absolute Gasteiger partial charge is 0.459 e. The molecule has 1 aromatic carbocycles. The van der Waals surface area contributed by atoms with Gasteiger partial charge in [-0.15, -0.1) is 0 Å². The number of nitrogen functional groups attached to an aromatic ring is 1. The Balaban J connectivity index is 1.37. The molecule has 2 saturated carbocycles.